The number of rotatable bonds is 5. The topological polar surface area (TPSA) is 101 Å². The lowest BCUT2D eigenvalue weighted by Crippen LogP contribution is -2.34. The van der Waals surface area contributed by atoms with E-state index < -0.39 is 0 Å². The number of amides is 3. The Hall–Kier alpha value is -3.42. The molecule has 3 rings (SSSR count). The predicted octanol–water partition coefficient (Wildman–Crippen LogP) is 4.10. The molecule has 8 heteroatoms. The molecule has 0 aliphatic rings. The van der Waals surface area contributed by atoms with Gasteiger partial charge in [-0.1, -0.05) is 0 Å². The molecular formula is C21H26N6O2. The maximum absolute atomic E-state index is 12.7. The Morgan fingerprint density at radius 3 is 2.21 bits per heavy atom. The summed E-state index contributed by atoms with van der Waals surface area (Å²) < 4.78 is 1.84. The Kier molecular flexibility index (Phi) is 5.81. The van der Waals surface area contributed by atoms with Crippen molar-refractivity contribution in [2.45, 2.75) is 46.7 Å². The molecular weight excluding hydrogens is 368 g/mol. The van der Waals surface area contributed by atoms with Crippen LogP contribution in [0.15, 0.2) is 36.5 Å². The lowest BCUT2D eigenvalue weighted by molar-refractivity contribution is 0.102. The minimum Gasteiger partial charge on any atom is -0.336 e. The van der Waals surface area contributed by atoms with Crippen molar-refractivity contribution >= 4 is 34.3 Å². The number of urea groups is 1. The van der Waals surface area contributed by atoms with E-state index in [4.69, 9.17) is 0 Å². The number of anilines is 2. The van der Waals surface area contributed by atoms with Crippen molar-refractivity contribution in [3.8, 4) is 0 Å². The predicted molar refractivity (Wildman–Crippen MR) is 114 cm³/mol. The van der Waals surface area contributed by atoms with E-state index in [1.807, 2.05) is 45.4 Å². The number of fused-ring (bicyclic) bond motifs is 1. The Labute approximate surface area is 169 Å². The summed E-state index contributed by atoms with van der Waals surface area (Å²) in [6.45, 7) is 9.66. The van der Waals surface area contributed by atoms with Crippen molar-refractivity contribution in [1.29, 1.82) is 0 Å². The van der Waals surface area contributed by atoms with Gasteiger partial charge in [0, 0.05) is 28.8 Å². The van der Waals surface area contributed by atoms with E-state index in [1.165, 1.54) is 0 Å². The molecule has 0 unspecified atom stereocenters. The van der Waals surface area contributed by atoms with Crippen molar-refractivity contribution < 1.29 is 9.59 Å². The van der Waals surface area contributed by atoms with Gasteiger partial charge in [0.05, 0.1) is 17.5 Å². The Bertz CT molecular complexity index is 1040. The molecule has 1 aromatic carbocycles. The van der Waals surface area contributed by atoms with E-state index >= 15 is 0 Å². The highest BCUT2D eigenvalue weighted by Crippen LogP contribution is 2.21. The number of aryl methyl sites for hydroxylation is 1. The molecule has 0 aliphatic heterocycles. The second-order valence-electron chi connectivity index (χ2n) is 7.50. The summed E-state index contributed by atoms with van der Waals surface area (Å²) in [7, 11) is 0. The molecule has 0 atom stereocenters. The minimum absolute atomic E-state index is 0.0513. The monoisotopic (exact) mass is 394 g/mol. The first-order valence-electron chi connectivity index (χ1n) is 9.58. The van der Waals surface area contributed by atoms with Crippen LogP contribution >= 0.6 is 0 Å². The molecule has 8 nitrogen and oxygen atoms in total. The van der Waals surface area contributed by atoms with E-state index in [-0.39, 0.29) is 24.0 Å². The van der Waals surface area contributed by atoms with Crippen LogP contribution in [-0.2, 0) is 0 Å². The van der Waals surface area contributed by atoms with Crippen molar-refractivity contribution in [1.82, 2.24) is 20.1 Å². The van der Waals surface area contributed by atoms with Crippen molar-refractivity contribution in [2.24, 2.45) is 0 Å². The summed E-state index contributed by atoms with van der Waals surface area (Å²) in [5.41, 5.74) is 3.17. The first kappa shape index (κ1) is 20.3. The van der Waals surface area contributed by atoms with Gasteiger partial charge in [0.15, 0.2) is 5.65 Å². The van der Waals surface area contributed by atoms with E-state index in [0.717, 1.165) is 11.0 Å². The molecule has 3 aromatic rings. The number of hydrogen-bond acceptors (Lipinski definition) is 4. The normalized spacial score (nSPS) is 11.1. The summed E-state index contributed by atoms with van der Waals surface area (Å²) in [6.07, 6.45) is 1.72. The van der Waals surface area contributed by atoms with Gasteiger partial charge in [0.1, 0.15) is 0 Å². The minimum atomic E-state index is -0.270. The highest BCUT2D eigenvalue weighted by atomic mass is 16.2. The zero-order chi connectivity index (χ0) is 21.1. The molecule has 152 valence electrons. The fraction of sp³-hybridized carbons (Fsp3) is 0.333. The fourth-order valence-corrected chi connectivity index (χ4v) is 2.94. The third kappa shape index (κ3) is 4.71. The second-order valence-corrected chi connectivity index (χ2v) is 7.50. The van der Waals surface area contributed by atoms with Crippen molar-refractivity contribution in [2.75, 3.05) is 10.6 Å². The number of nitrogens with one attached hydrogen (secondary N) is 3. The molecule has 0 spiro atoms. The van der Waals surface area contributed by atoms with Gasteiger partial charge in [0.25, 0.3) is 5.91 Å². The molecule has 2 aromatic heterocycles. The van der Waals surface area contributed by atoms with Crippen LogP contribution in [0.3, 0.4) is 0 Å². The van der Waals surface area contributed by atoms with Crippen LogP contribution < -0.4 is 16.0 Å². The Morgan fingerprint density at radius 1 is 1.00 bits per heavy atom. The molecule has 2 heterocycles. The fourth-order valence-electron chi connectivity index (χ4n) is 2.94. The standard InChI is InChI=1S/C21H26N6O2/c1-12(2)23-21(29)26-17-8-6-16(7-9-17)25-20(28)18-10-15-11-22-27(13(3)4)19(15)24-14(18)5/h6-13H,1-5H3,(H,25,28)(H2,23,26,29). The number of benzene rings is 1. The van der Waals surface area contributed by atoms with Gasteiger partial charge in [-0.15, -0.1) is 0 Å². The number of hydrogen-bond donors (Lipinski definition) is 3. The highest BCUT2D eigenvalue weighted by molar-refractivity contribution is 6.06. The highest BCUT2D eigenvalue weighted by Gasteiger charge is 2.15. The van der Waals surface area contributed by atoms with Crippen LogP contribution in [0.25, 0.3) is 11.0 Å². The smallest absolute Gasteiger partial charge is 0.319 e. The summed E-state index contributed by atoms with van der Waals surface area (Å²) in [5, 5.41) is 13.5. The van der Waals surface area contributed by atoms with Gasteiger partial charge in [0.2, 0.25) is 0 Å². The van der Waals surface area contributed by atoms with Crippen LogP contribution in [0.4, 0.5) is 16.2 Å². The van der Waals surface area contributed by atoms with Gasteiger partial charge >= 0.3 is 6.03 Å². The lowest BCUT2D eigenvalue weighted by Gasteiger charge is -2.12. The van der Waals surface area contributed by atoms with Gasteiger partial charge in [-0.05, 0) is 65.0 Å². The molecule has 3 amide bonds. The third-order valence-electron chi connectivity index (χ3n) is 4.31. The maximum Gasteiger partial charge on any atom is 0.319 e. The number of aromatic nitrogens is 3. The van der Waals surface area contributed by atoms with Gasteiger partial charge in [-0.3, -0.25) is 4.79 Å². The number of carbonyl (C=O) groups excluding carboxylic acids is 2. The Morgan fingerprint density at radius 2 is 1.62 bits per heavy atom. The van der Waals surface area contributed by atoms with E-state index in [9.17, 15) is 9.59 Å². The van der Waals surface area contributed by atoms with Crippen LogP contribution in [0.2, 0.25) is 0 Å². The zero-order valence-electron chi connectivity index (χ0n) is 17.3. The molecule has 3 N–H and O–H groups in total. The maximum atomic E-state index is 12.7. The quantitative estimate of drug-likeness (QED) is 0.606. The molecule has 0 saturated carbocycles. The third-order valence-corrected chi connectivity index (χ3v) is 4.31. The first-order valence-corrected chi connectivity index (χ1v) is 9.58. The average molecular weight is 394 g/mol. The molecule has 0 aliphatic carbocycles. The molecule has 0 radical (unpaired) electrons. The van der Waals surface area contributed by atoms with Crippen LogP contribution in [0.5, 0.6) is 0 Å². The second kappa shape index (κ2) is 8.30. The Balaban J connectivity index is 1.73. The van der Waals surface area contributed by atoms with Gasteiger partial charge in [-0.25, -0.2) is 14.5 Å². The molecule has 0 bridgehead atoms. The van der Waals surface area contributed by atoms with E-state index in [0.29, 0.717) is 22.6 Å². The van der Waals surface area contributed by atoms with Crippen LogP contribution in [0.1, 0.15) is 49.8 Å². The molecule has 0 fully saturated rings. The first-order chi connectivity index (χ1) is 13.7. The summed E-state index contributed by atoms with van der Waals surface area (Å²) in [6, 6.07) is 8.72. The average Bonchev–Trinajstić information content (AvgIpc) is 3.04. The van der Waals surface area contributed by atoms with Crippen LogP contribution in [0, 0.1) is 6.92 Å². The largest absolute Gasteiger partial charge is 0.336 e. The van der Waals surface area contributed by atoms with E-state index in [2.05, 4.69) is 26.0 Å². The van der Waals surface area contributed by atoms with Gasteiger partial charge in [-0.2, -0.15) is 5.10 Å². The number of pyridine rings is 1. The summed E-state index contributed by atoms with van der Waals surface area (Å²) >= 11 is 0. The molecule has 29 heavy (non-hydrogen) atoms. The summed E-state index contributed by atoms with van der Waals surface area (Å²) in [4.78, 5) is 29.1. The van der Waals surface area contributed by atoms with E-state index in [1.54, 1.807) is 30.5 Å². The van der Waals surface area contributed by atoms with Crippen molar-refractivity contribution in [3.63, 3.8) is 0 Å². The summed E-state index contributed by atoms with van der Waals surface area (Å²) in [5.74, 6) is -0.243. The van der Waals surface area contributed by atoms with Gasteiger partial charge < -0.3 is 16.0 Å². The zero-order valence-corrected chi connectivity index (χ0v) is 17.3. The lowest BCUT2D eigenvalue weighted by atomic mass is 10.1. The molecule has 0 saturated heterocycles. The number of carbonyl (C=O) groups is 2. The number of nitrogens with zero attached hydrogens (tertiary/aromatic N) is 3. The van der Waals surface area contributed by atoms with Crippen LogP contribution in [-0.4, -0.2) is 32.7 Å². The SMILES string of the molecule is Cc1nc2c(cnn2C(C)C)cc1C(=O)Nc1ccc(NC(=O)NC(C)C)cc1. The van der Waals surface area contributed by atoms with Crippen molar-refractivity contribution in [3.05, 3.63) is 47.8 Å².